The van der Waals surface area contributed by atoms with Crippen LogP contribution in [0, 0.1) is 5.41 Å². The predicted molar refractivity (Wildman–Crippen MR) is 81.4 cm³/mol. The number of nitrogens with two attached hydrogens (primary N) is 1. The van der Waals surface area contributed by atoms with E-state index in [9.17, 15) is 0 Å². The molecule has 2 N–H and O–H groups in total. The van der Waals surface area contributed by atoms with Gasteiger partial charge in [-0.05, 0) is 50.5 Å². The quantitative estimate of drug-likeness (QED) is 0.837. The van der Waals surface area contributed by atoms with Crippen LogP contribution in [0.2, 0.25) is 0 Å². The summed E-state index contributed by atoms with van der Waals surface area (Å²) in [4.78, 5) is 0. The summed E-state index contributed by atoms with van der Waals surface area (Å²) in [6, 6.07) is 8.44. The minimum atomic E-state index is 0.275. The summed E-state index contributed by atoms with van der Waals surface area (Å²) >= 11 is 0. The number of quaternary nitrogens is 1. The van der Waals surface area contributed by atoms with Gasteiger partial charge < -0.3 is 10.1 Å². The van der Waals surface area contributed by atoms with Crippen LogP contribution < -0.4 is 10.1 Å². The van der Waals surface area contributed by atoms with E-state index in [1.54, 1.807) is 0 Å². The first-order chi connectivity index (χ1) is 8.72. The fraction of sp³-hybridized carbons (Fsp3) is 0.647. The maximum absolute atomic E-state index is 5.46. The zero-order chi connectivity index (χ0) is 14.5. The van der Waals surface area contributed by atoms with Crippen molar-refractivity contribution >= 4 is 0 Å². The van der Waals surface area contributed by atoms with E-state index in [0.29, 0.717) is 5.41 Å². The van der Waals surface area contributed by atoms with Crippen molar-refractivity contribution in [2.75, 3.05) is 6.61 Å². The fourth-order valence-corrected chi connectivity index (χ4v) is 2.72. The van der Waals surface area contributed by atoms with Crippen molar-refractivity contribution in [3.05, 3.63) is 29.8 Å². The van der Waals surface area contributed by atoms with Crippen LogP contribution in [0.25, 0.3) is 0 Å². The summed E-state index contributed by atoms with van der Waals surface area (Å²) in [6.45, 7) is 15.3. The Labute approximate surface area is 118 Å². The van der Waals surface area contributed by atoms with Gasteiger partial charge in [-0.2, -0.15) is 0 Å². The Kier molecular flexibility index (Phi) is 5.42. The average Bonchev–Trinajstić information content (AvgIpc) is 2.25. The Balaban J connectivity index is 2.51. The van der Waals surface area contributed by atoms with Crippen LogP contribution in [-0.4, -0.2) is 12.1 Å². The minimum absolute atomic E-state index is 0.275. The molecule has 0 heterocycles. The third-order valence-electron chi connectivity index (χ3n) is 3.11. The molecule has 2 heteroatoms. The van der Waals surface area contributed by atoms with Gasteiger partial charge in [0.1, 0.15) is 12.3 Å². The van der Waals surface area contributed by atoms with Gasteiger partial charge in [0.05, 0.1) is 12.1 Å². The van der Waals surface area contributed by atoms with Gasteiger partial charge in [0, 0.05) is 12.0 Å². The van der Waals surface area contributed by atoms with Crippen LogP contribution in [0.1, 0.15) is 53.5 Å². The van der Waals surface area contributed by atoms with Crippen LogP contribution in [0.3, 0.4) is 0 Å². The number of benzene rings is 1. The third-order valence-corrected chi connectivity index (χ3v) is 3.11. The number of rotatable bonds is 6. The molecule has 19 heavy (non-hydrogen) atoms. The molecule has 0 saturated carbocycles. The van der Waals surface area contributed by atoms with Crippen molar-refractivity contribution in [1.29, 1.82) is 0 Å². The first kappa shape index (κ1) is 16.0. The van der Waals surface area contributed by atoms with E-state index in [-0.39, 0.29) is 5.54 Å². The molecule has 0 bridgehead atoms. The van der Waals surface area contributed by atoms with Crippen molar-refractivity contribution in [3.63, 3.8) is 0 Å². The molecule has 0 amide bonds. The van der Waals surface area contributed by atoms with E-state index in [0.717, 1.165) is 18.9 Å². The lowest BCUT2D eigenvalue weighted by atomic mass is 9.82. The lowest BCUT2D eigenvalue weighted by Gasteiger charge is -2.30. The Bertz CT molecular complexity index is 373. The smallest absolute Gasteiger partial charge is 0.119 e. The van der Waals surface area contributed by atoms with Crippen LogP contribution >= 0.6 is 0 Å². The highest BCUT2D eigenvalue weighted by Gasteiger charge is 2.28. The highest BCUT2D eigenvalue weighted by atomic mass is 16.5. The molecule has 2 nitrogen and oxygen atoms in total. The molecule has 0 unspecified atom stereocenters. The van der Waals surface area contributed by atoms with Crippen molar-refractivity contribution < 1.29 is 10.1 Å². The Morgan fingerprint density at radius 1 is 1.00 bits per heavy atom. The monoisotopic (exact) mass is 264 g/mol. The Morgan fingerprint density at radius 3 is 2.05 bits per heavy atom. The van der Waals surface area contributed by atoms with Crippen molar-refractivity contribution in [2.45, 2.75) is 60.0 Å². The zero-order valence-corrected chi connectivity index (χ0v) is 13.4. The van der Waals surface area contributed by atoms with Gasteiger partial charge in [0.25, 0.3) is 0 Å². The largest absolute Gasteiger partial charge is 0.494 e. The topological polar surface area (TPSA) is 25.8 Å². The number of hydrogen-bond acceptors (Lipinski definition) is 1. The van der Waals surface area contributed by atoms with Crippen LogP contribution in [0.15, 0.2) is 24.3 Å². The fourth-order valence-electron chi connectivity index (χ4n) is 2.72. The molecule has 0 aliphatic heterocycles. The number of hydrogen-bond donors (Lipinski definition) is 1. The highest BCUT2D eigenvalue weighted by Crippen LogP contribution is 2.24. The van der Waals surface area contributed by atoms with Crippen LogP contribution in [0.5, 0.6) is 5.75 Å². The molecule has 108 valence electrons. The van der Waals surface area contributed by atoms with Gasteiger partial charge in [0.15, 0.2) is 0 Å². The van der Waals surface area contributed by atoms with Gasteiger partial charge in [-0.25, -0.2) is 0 Å². The Morgan fingerprint density at radius 2 is 1.58 bits per heavy atom. The second-order valence-electron chi connectivity index (χ2n) is 7.21. The molecule has 1 aromatic carbocycles. The molecule has 1 aromatic rings. The summed E-state index contributed by atoms with van der Waals surface area (Å²) < 4.78 is 5.46. The highest BCUT2D eigenvalue weighted by molar-refractivity contribution is 5.26. The summed E-state index contributed by atoms with van der Waals surface area (Å²) in [6.07, 6.45) is 1.21. The molecule has 0 atom stereocenters. The molecule has 0 fully saturated rings. The summed E-state index contributed by atoms with van der Waals surface area (Å²) in [5.74, 6) is 0.959. The van der Waals surface area contributed by atoms with E-state index in [2.05, 4.69) is 64.2 Å². The molecular formula is C17H30NO+. The van der Waals surface area contributed by atoms with Gasteiger partial charge in [-0.3, -0.25) is 0 Å². The molecule has 0 spiro atoms. The van der Waals surface area contributed by atoms with E-state index in [1.807, 2.05) is 6.92 Å². The maximum Gasteiger partial charge on any atom is 0.119 e. The van der Waals surface area contributed by atoms with Gasteiger partial charge in [-0.1, -0.05) is 20.8 Å². The number of ether oxygens (including phenoxy) is 1. The average molecular weight is 264 g/mol. The normalized spacial score (nSPS) is 12.5. The minimum Gasteiger partial charge on any atom is -0.494 e. The van der Waals surface area contributed by atoms with Crippen molar-refractivity contribution in [3.8, 4) is 5.75 Å². The molecule has 0 radical (unpaired) electrons. The molecular weight excluding hydrogens is 234 g/mol. The van der Waals surface area contributed by atoms with E-state index >= 15 is 0 Å². The second kappa shape index (κ2) is 6.42. The summed E-state index contributed by atoms with van der Waals surface area (Å²) in [7, 11) is 0. The first-order valence-electron chi connectivity index (χ1n) is 7.28. The Hall–Kier alpha value is -1.02. The molecule has 0 aliphatic carbocycles. The van der Waals surface area contributed by atoms with Crippen LogP contribution in [-0.2, 0) is 6.54 Å². The predicted octanol–water partition coefficient (Wildman–Crippen LogP) is 3.36. The lowest BCUT2D eigenvalue weighted by molar-refractivity contribution is -0.737. The molecule has 0 saturated heterocycles. The van der Waals surface area contributed by atoms with Gasteiger partial charge in [-0.15, -0.1) is 0 Å². The molecule has 0 aliphatic rings. The van der Waals surface area contributed by atoms with Crippen molar-refractivity contribution in [2.24, 2.45) is 5.41 Å². The molecule has 0 aromatic heterocycles. The van der Waals surface area contributed by atoms with Crippen molar-refractivity contribution in [1.82, 2.24) is 0 Å². The maximum atomic E-state index is 5.46. The van der Waals surface area contributed by atoms with Crippen LogP contribution in [0.4, 0.5) is 0 Å². The summed E-state index contributed by atoms with van der Waals surface area (Å²) in [5.41, 5.74) is 2.00. The lowest BCUT2D eigenvalue weighted by Crippen LogP contribution is -2.94. The third kappa shape index (κ3) is 6.63. The molecule has 1 rings (SSSR count). The second-order valence-corrected chi connectivity index (χ2v) is 7.21. The standard InChI is InChI=1S/C17H29NO/c1-7-19-15-10-8-14(9-11-15)12-18-17(5,6)13-16(2,3)4/h8-11,18H,7,12-13H2,1-6H3/p+1. The first-order valence-corrected chi connectivity index (χ1v) is 7.28. The van der Waals surface area contributed by atoms with Gasteiger partial charge in [0.2, 0.25) is 0 Å². The van der Waals surface area contributed by atoms with Gasteiger partial charge >= 0.3 is 0 Å². The van der Waals surface area contributed by atoms with E-state index in [1.165, 1.54) is 12.0 Å². The summed E-state index contributed by atoms with van der Waals surface area (Å²) in [5, 5.41) is 2.44. The zero-order valence-electron chi connectivity index (χ0n) is 13.4. The SMILES string of the molecule is CCOc1ccc(C[NH2+]C(C)(C)CC(C)(C)C)cc1. The van der Waals surface area contributed by atoms with E-state index < -0.39 is 0 Å². The van der Waals surface area contributed by atoms with E-state index in [4.69, 9.17) is 4.74 Å².